The Labute approximate surface area is 95.8 Å². The van der Waals surface area contributed by atoms with E-state index in [-0.39, 0.29) is 0 Å². The van der Waals surface area contributed by atoms with Gasteiger partial charge in [0.05, 0.1) is 0 Å². The van der Waals surface area contributed by atoms with Crippen LogP contribution in [0.5, 0.6) is 0 Å². The van der Waals surface area contributed by atoms with Gasteiger partial charge in [0.25, 0.3) is 0 Å². The predicted octanol–water partition coefficient (Wildman–Crippen LogP) is 3.22. The highest BCUT2D eigenvalue weighted by Crippen LogP contribution is 2.21. The fraction of sp³-hybridized carbons (Fsp3) is 1.00. The molecule has 0 saturated carbocycles. The van der Waals surface area contributed by atoms with Gasteiger partial charge in [0, 0.05) is 19.3 Å². The van der Waals surface area contributed by atoms with Crippen molar-refractivity contribution in [3.05, 3.63) is 0 Å². The van der Waals surface area contributed by atoms with Gasteiger partial charge in [0.1, 0.15) is 0 Å². The maximum atomic E-state index is 5.55. The van der Waals surface area contributed by atoms with Crippen molar-refractivity contribution in [2.75, 3.05) is 19.8 Å². The Balaban J connectivity index is 3.81. The molecule has 1 N–H and O–H groups in total. The molecule has 92 valence electrons. The third kappa shape index (κ3) is 7.80. The maximum absolute atomic E-state index is 5.55. The van der Waals surface area contributed by atoms with Crippen molar-refractivity contribution in [1.29, 1.82) is 0 Å². The minimum atomic E-state index is 0.324. The van der Waals surface area contributed by atoms with Crippen molar-refractivity contribution >= 4 is 0 Å². The van der Waals surface area contributed by atoms with E-state index in [0.717, 1.165) is 32.6 Å². The number of nitrogens with one attached hydrogen (secondary N) is 1. The molecule has 0 radical (unpaired) electrons. The molecule has 0 aliphatic carbocycles. The average Bonchev–Trinajstić information content (AvgIpc) is 2.15. The van der Waals surface area contributed by atoms with Crippen LogP contribution in [0.3, 0.4) is 0 Å². The summed E-state index contributed by atoms with van der Waals surface area (Å²) >= 11 is 0. The van der Waals surface area contributed by atoms with Crippen molar-refractivity contribution < 1.29 is 4.74 Å². The lowest BCUT2D eigenvalue weighted by Crippen LogP contribution is -2.41. The van der Waals surface area contributed by atoms with Crippen LogP contribution in [0.1, 0.15) is 53.9 Å². The van der Waals surface area contributed by atoms with Gasteiger partial charge in [-0.1, -0.05) is 34.6 Å². The van der Waals surface area contributed by atoms with Crippen molar-refractivity contribution in [2.45, 2.75) is 59.9 Å². The first-order valence-corrected chi connectivity index (χ1v) is 6.33. The lowest BCUT2D eigenvalue weighted by Gasteiger charge is -2.31. The van der Waals surface area contributed by atoms with E-state index in [0.29, 0.717) is 11.5 Å². The second kappa shape index (κ2) is 8.12. The summed E-state index contributed by atoms with van der Waals surface area (Å²) in [6.45, 7) is 14.1. The summed E-state index contributed by atoms with van der Waals surface area (Å²) < 4.78 is 5.55. The van der Waals surface area contributed by atoms with E-state index < -0.39 is 0 Å². The monoisotopic (exact) mass is 215 g/mol. The van der Waals surface area contributed by atoms with Crippen LogP contribution in [0.2, 0.25) is 0 Å². The summed E-state index contributed by atoms with van der Waals surface area (Å²) in [5, 5.41) is 3.61. The Morgan fingerprint density at radius 3 is 2.20 bits per heavy atom. The minimum Gasteiger partial charge on any atom is -0.381 e. The van der Waals surface area contributed by atoms with Crippen LogP contribution in [-0.2, 0) is 4.74 Å². The number of hydrogen-bond donors (Lipinski definition) is 1. The molecule has 0 aromatic heterocycles. The second-order valence-corrected chi connectivity index (χ2v) is 5.27. The third-order valence-corrected chi connectivity index (χ3v) is 2.59. The van der Waals surface area contributed by atoms with Crippen molar-refractivity contribution in [3.63, 3.8) is 0 Å². The first-order valence-electron chi connectivity index (χ1n) is 6.33. The van der Waals surface area contributed by atoms with Gasteiger partial charge in [-0.2, -0.15) is 0 Å². The molecular formula is C13H29NO. The van der Waals surface area contributed by atoms with Gasteiger partial charge in [-0.15, -0.1) is 0 Å². The van der Waals surface area contributed by atoms with E-state index >= 15 is 0 Å². The fourth-order valence-electron chi connectivity index (χ4n) is 1.61. The van der Waals surface area contributed by atoms with Gasteiger partial charge in [-0.05, 0) is 31.2 Å². The van der Waals surface area contributed by atoms with E-state index in [4.69, 9.17) is 4.74 Å². The zero-order valence-electron chi connectivity index (χ0n) is 11.2. The van der Waals surface area contributed by atoms with Crippen LogP contribution < -0.4 is 5.32 Å². The predicted molar refractivity (Wildman–Crippen MR) is 67.3 cm³/mol. The molecule has 0 bridgehead atoms. The Kier molecular flexibility index (Phi) is 8.07. The normalized spacial score (nSPS) is 14.2. The standard InChI is InChI=1S/C13H29NO/c1-6-9-14-12(13(3,4)5)8-11-15-10-7-2/h12,14H,6-11H2,1-5H3. The lowest BCUT2D eigenvalue weighted by molar-refractivity contribution is 0.108. The molecule has 0 aliphatic heterocycles. The minimum absolute atomic E-state index is 0.324. The van der Waals surface area contributed by atoms with Crippen LogP contribution in [0, 0.1) is 5.41 Å². The largest absolute Gasteiger partial charge is 0.381 e. The van der Waals surface area contributed by atoms with Gasteiger partial charge >= 0.3 is 0 Å². The molecule has 0 aliphatic rings. The summed E-state index contributed by atoms with van der Waals surface area (Å²) in [7, 11) is 0. The Bertz CT molecular complexity index is 140. The van der Waals surface area contributed by atoms with Gasteiger partial charge in [-0.3, -0.25) is 0 Å². The smallest absolute Gasteiger partial charge is 0.0481 e. The van der Waals surface area contributed by atoms with Crippen molar-refractivity contribution in [2.24, 2.45) is 5.41 Å². The van der Waals surface area contributed by atoms with Crippen LogP contribution in [0.15, 0.2) is 0 Å². The van der Waals surface area contributed by atoms with Crippen LogP contribution >= 0.6 is 0 Å². The van der Waals surface area contributed by atoms with E-state index in [2.05, 4.69) is 39.9 Å². The van der Waals surface area contributed by atoms with Crippen molar-refractivity contribution in [1.82, 2.24) is 5.32 Å². The summed E-state index contributed by atoms with van der Waals surface area (Å²) in [5.41, 5.74) is 0.324. The Morgan fingerprint density at radius 2 is 1.73 bits per heavy atom. The molecule has 2 heteroatoms. The lowest BCUT2D eigenvalue weighted by atomic mass is 9.85. The molecular weight excluding hydrogens is 186 g/mol. The zero-order chi connectivity index (χ0) is 11.7. The zero-order valence-corrected chi connectivity index (χ0v) is 11.2. The summed E-state index contributed by atoms with van der Waals surface area (Å²) in [6.07, 6.45) is 3.43. The van der Waals surface area contributed by atoms with Crippen molar-refractivity contribution in [3.8, 4) is 0 Å². The molecule has 15 heavy (non-hydrogen) atoms. The quantitative estimate of drug-likeness (QED) is 0.628. The number of hydrogen-bond acceptors (Lipinski definition) is 2. The van der Waals surface area contributed by atoms with E-state index in [1.165, 1.54) is 6.42 Å². The average molecular weight is 215 g/mol. The molecule has 0 amide bonds. The molecule has 2 nitrogen and oxygen atoms in total. The molecule has 1 unspecified atom stereocenters. The van der Waals surface area contributed by atoms with Crippen LogP contribution in [0.25, 0.3) is 0 Å². The number of rotatable bonds is 8. The number of ether oxygens (including phenoxy) is 1. The molecule has 0 fully saturated rings. The van der Waals surface area contributed by atoms with E-state index in [9.17, 15) is 0 Å². The third-order valence-electron chi connectivity index (χ3n) is 2.59. The Hall–Kier alpha value is -0.0800. The van der Waals surface area contributed by atoms with Gasteiger partial charge in [-0.25, -0.2) is 0 Å². The van der Waals surface area contributed by atoms with Crippen LogP contribution in [0.4, 0.5) is 0 Å². The summed E-state index contributed by atoms with van der Waals surface area (Å²) in [6, 6.07) is 0.564. The molecule has 0 aromatic carbocycles. The molecule has 0 aromatic rings. The second-order valence-electron chi connectivity index (χ2n) is 5.27. The van der Waals surface area contributed by atoms with E-state index in [1.807, 2.05) is 0 Å². The summed E-state index contributed by atoms with van der Waals surface area (Å²) in [4.78, 5) is 0. The first kappa shape index (κ1) is 14.9. The SMILES string of the molecule is CCCNC(CCOCCC)C(C)(C)C. The highest BCUT2D eigenvalue weighted by atomic mass is 16.5. The first-order chi connectivity index (χ1) is 7.02. The molecule has 0 spiro atoms. The summed E-state index contributed by atoms with van der Waals surface area (Å²) in [5.74, 6) is 0. The molecule has 1 atom stereocenters. The molecule has 0 rings (SSSR count). The highest BCUT2D eigenvalue weighted by Gasteiger charge is 2.23. The van der Waals surface area contributed by atoms with Gasteiger partial charge in [0.15, 0.2) is 0 Å². The highest BCUT2D eigenvalue weighted by molar-refractivity contribution is 4.80. The fourth-order valence-corrected chi connectivity index (χ4v) is 1.61. The topological polar surface area (TPSA) is 21.3 Å². The molecule has 0 saturated heterocycles. The van der Waals surface area contributed by atoms with E-state index in [1.54, 1.807) is 0 Å². The maximum Gasteiger partial charge on any atom is 0.0481 e. The van der Waals surface area contributed by atoms with Crippen LogP contribution in [-0.4, -0.2) is 25.8 Å². The van der Waals surface area contributed by atoms with Gasteiger partial charge < -0.3 is 10.1 Å². The Morgan fingerprint density at radius 1 is 1.07 bits per heavy atom. The van der Waals surface area contributed by atoms with Gasteiger partial charge in [0.2, 0.25) is 0 Å². The molecule has 0 heterocycles.